The zero-order chi connectivity index (χ0) is 15.6. The van der Waals surface area contributed by atoms with Gasteiger partial charge >= 0.3 is 0 Å². The molecule has 0 aromatic rings. The lowest BCUT2D eigenvalue weighted by Crippen LogP contribution is -2.23. The van der Waals surface area contributed by atoms with Gasteiger partial charge in [0.15, 0.2) is 0 Å². The topological polar surface area (TPSA) is 57.6 Å². The van der Waals surface area contributed by atoms with Gasteiger partial charge in [0.1, 0.15) is 0 Å². The SMILES string of the molecule is C=CCCC(C)C=C=C(C)CN(C)CCCS(=O)(=O)O. The van der Waals surface area contributed by atoms with Crippen LogP contribution in [0.25, 0.3) is 0 Å². The van der Waals surface area contributed by atoms with Crippen LogP contribution in [0.5, 0.6) is 0 Å². The van der Waals surface area contributed by atoms with E-state index < -0.39 is 10.1 Å². The summed E-state index contributed by atoms with van der Waals surface area (Å²) in [6.07, 6.45) is 6.51. The van der Waals surface area contributed by atoms with Gasteiger partial charge in [0.2, 0.25) is 0 Å². The zero-order valence-electron chi connectivity index (χ0n) is 12.8. The van der Waals surface area contributed by atoms with E-state index in [1.54, 1.807) is 0 Å². The molecule has 0 radical (unpaired) electrons. The van der Waals surface area contributed by atoms with Crippen molar-refractivity contribution in [2.75, 3.05) is 25.9 Å². The van der Waals surface area contributed by atoms with E-state index in [9.17, 15) is 8.42 Å². The normalized spacial score (nSPS) is 12.8. The Morgan fingerprint density at radius 1 is 1.50 bits per heavy atom. The molecule has 0 aliphatic rings. The van der Waals surface area contributed by atoms with Crippen LogP contribution >= 0.6 is 0 Å². The van der Waals surface area contributed by atoms with Gasteiger partial charge < -0.3 is 4.90 Å². The number of allylic oxidation sites excluding steroid dienone is 1. The molecule has 4 nitrogen and oxygen atoms in total. The third-order valence-corrected chi connectivity index (χ3v) is 3.69. The fourth-order valence-electron chi connectivity index (χ4n) is 1.80. The van der Waals surface area contributed by atoms with Gasteiger partial charge in [0, 0.05) is 6.54 Å². The standard InChI is InChI=1S/C15H27NO3S/c1-5-6-8-14(2)9-10-15(3)13-16(4)11-7-12-20(17,18)19/h5,9,14H,1,6-8,11-13H2,2-4H3,(H,17,18,19). The summed E-state index contributed by atoms with van der Waals surface area (Å²) in [5, 5.41) is 0. The predicted molar refractivity (Wildman–Crippen MR) is 84.4 cm³/mol. The van der Waals surface area contributed by atoms with Crippen LogP contribution < -0.4 is 0 Å². The maximum absolute atomic E-state index is 10.6. The van der Waals surface area contributed by atoms with Crippen molar-refractivity contribution in [1.82, 2.24) is 4.90 Å². The molecule has 0 aromatic heterocycles. The van der Waals surface area contributed by atoms with E-state index >= 15 is 0 Å². The highest BCUT2D eigenvalue weighted by Crippen LogP contribution is 2.07. The monoisotopic (exact) mass is 301 g/mol. The first-order chi connectivity index (χ1) is 9.24. The maximum atomic E-state index is 10.6. The molecule has 0 amide bonds. The molecule has 0 fully saturated rings. The smallest absolute Gasteiger partial charge is 0.264 e. The van der Waals surface area contributed by atoms with Gasteiger partial charge in [-0.2, -0.15) is 8.42 Å². The quantitative estimate of drug-likeness (QED) is 0.383. The molecular formula is C15H27NO3S. The van der Waals surface area contributed by atoms with Crippen molar-refractivity contribution in [2.24, 2.45) is 5.92 Å². The van der Waals surface area contributed by atoms with Gasteiger partial charge in [-0.25, -0.2) is 0 Å². The Kier molecular flexibility index (Phi) is 9.51. The number of hydrogen-bond acceptors (Lipinski definition) is 3. The van der Waals surface area contributed by atoms with Crippen LogP contribution in [0.3, 0.4) is 0 Å². The van der Waals surface area contributed by atoms with E-state index in [2.05, 4.69) is 25.3 Å². The van der Waals surface area contributed by atoms with Crippen molar-refractivity contribution < 1.29 is 13.0 Å². The third-order valence-electron chi connectivity index (χ3n) is 2.89. The Balaban J connectivity index is 4.13. The second kappa shape index (κ2) is 9.94. The van der Waals surface area contributed by atoms with Crippen LogP contribution in [0.2, 0.25) is 0 Å². The molecule has 0 saturated heterocycles. The highest BCUT2D eigenvalue weighted by Gasteiger charge is 2.05. The van der Waals surface area contributed by atoms with Gasteiger partial charge in [0.05, 0.1) is 5.75 Å². The molecular weight excluding hydrogens is 274 g/mol. The number of hydrogen-bond donors (Lipinski definition) is 1. The van der Waals surface area contributed by atoms with Crippen molar-refractivity contribution in [3.8, 4) is 0 Å². The molecule has 0 aromatic carbocycles. The van der Waals surface area contributed by atoms with Crippen molar-refractivity contribution >= 4 is 10.1 Å². The first kappa shape index (κ1) is 19.1. The molecule has 0 bridgehead atoms. The molecule has 5 heteroatoms. The molecule has 1 atom stereocenters. The molecule has 1 N–H and O–H groups in total. The largest absolute Gasteiger partial charge is 0.302 e. The molecule has 0 aliphatic heterocycles. The highest BCUT2D eigenvalue weighted by molar-refractivity contribution is 7.85. The predicted octanol–water partition coefficient (Wildman–Crippen LogP) is 2.90. The van der Waals surface area contributed by atoms with E-state index in [0.29, 0.717) is 18.9 Å². The minimum atomic E-state index is -3.84. The van der Waals surface area contributed by atoms with Gasteiger partial charge in [-0.05, 0) is 57.3 Å². The summed E-state index contributed by atoms with van der Waals surface area (Å²) in [4.78, 5) is 2.02. The molecule has 0 saturated carbocycles. The minimum Gasteiger partial charge on any atom is -0.302 e. The molecule has 0 rings (SSSR count). The summed E-state index contributed by atoms with van der Waals surface area (Å²) in [5.74, 6) is 0.293. The fraction of sp³-hybridized carbons (Fsp3) is 0.667. The van der Waals surface area contributed by atoms with E-state index in [0.717, 1.165) is 25.0 Å². The number of rotatable bonds is 10. The second-order valence-electron chi connectivity index (χ2n) is 5.31. The molecule has 0 aliphatic carbocycles. The average molecular weight is 301 g/mol. The number of likely N-dealkylation sites (N-methyl/N-ethyl adjacent to an activating group) is 1. The van der Waals surface area contributed by atoms with Gasteiger partial charge in [-0.3, -0.25) is 4.55 Å². The first-order valence-electron chi connectivity index (χ1n) is 6.91. The van der Waals surface area contributed by atoms with Crippen LogP contribution in [0.15, 0.2) is 30.0 Å². The van der Waals surface area contributed by atoms with Gasteiger partial charge in [0.25, 0.3) is 10.1 Å². The van der Waals surface area contributed by atoms with Gasteiger partial charge in [-0.15, -0.1) is 12.3 Å². The summed E-state index contributed by atoms with van der Waals surface area (Å²) in [6.45, 7) is 9.24. The average Bonchev–Trinajstić information content (AvgIpc) is 2.32. The van der Waals surface area contributed by atoms with Crippen molar-refractivity contribution in [3.63, 3.8) is 0 Å². The van der Waals surface area contributed by atoms with E-state index in [1.807, 2.05) is 24.9 Å². The van der Waals surface area contributed by atoms with Crippen LogP contribution in [-0.2, 0) is 10.1 Å². The molecule has 0 heterocycles. The lowest BCUT2D eigenvalue weighted by molar-refractivity contribution is 0.361. The molecule has 20 heavy (non-hydrogen) atoms. The molecule has 1 unspecified atom stereocenters. The lowest BCUT2D eigenvalue weighted by atomic mass is 10.1. The summed E-state index contributed by atoms with van der Waals surface area (Å²) in [5.41, 5.74) is 4.39. The summed E-state index contributed by atoms with van der Waals surface area (Å²) < 4.78 is 29.9. The Hall–Kier alpha value is -0.870. The Morgan fingerprint density at radius 2 is 2.15 bits per heavy atom. The number of nitrogens with zero attached hydrogens (tertiary/aromatic N) is 1. The van der Waals surface area contributed by atoms with Crippen molar-refractivity contribution in [1.29, 1.82) is 0 Å². The van der Waals surface area contributed by atoms with Crippen LogP contribution in [-0.4, -0.2) is 43.8 Å². The third kappa shape index (κ3) is 12.2. The van der Waals surface area contributed by atoms with Crippen molar-refractivity contribution in [3.05, 3.63) is 30.0 Å². The lowest BCUT2D eigenvalue weighted by Gasteiger charge is -2.15. The summed E-state index contributed by atoms with van der Waals surface area (Å²) >= 11 is 0. The van der Waals surface area contributed by atoms with Crippen LogP contribution in [0.1, 0.15) is 33.1 Å². The first-order valence-corrected chi connectivity index (χ1v) is 8.52. The Morgan fingerprint density at radius 3 is 2.70 bits per heavy atom. The van der Waals surface area contributed by atoms with Crippen LogP contribution in [0, 0.1) is 5.92 Å². The van der Waals surface area contributed by atoms with Crippen molar-refractivity contribution in [2.45, 2.75) is 33.1 Å². The summed E-state index contributed by atoms with van der Waals surface area (Å²) in [6, 6.07) is 0. The summed E-state index contributed by atoms with van der Waals surface area (Å²) in [7, 11) is -1.92. The van der Waals surface area contributed by atoms with Gasteiger partial charge in [-0.1, -0.05) is 13.0 Å². The van der Waals surface area contributed by atoms with E-state index in [1.165, 1.54) is 0 Å². The minimum absolute atomic E-state index is 0.186. The Bertz CT molecular complexity index is 448. The van der Waals surface area contributed by atoms with E-state index in [4.69, 9.17) is 4.55 Å². The maximum Gasteiger partial charge on any atom is 0.264 e. The Labute approximate surface area is 123 Å². The zero-order valence-corrected chi connectivity index (χ0v) is 13.6. The molecule has 0 spiro atoms. The van der Waals surface area contributed by atoms with E-state index in [-0.39, 0.29) is 5.75 Å². The highest BCUT2D eigenvalue weighted by atomic mass is 32.2. The molecule has 116 valence electrons. The second-order valence-corrected chi connectivity index (χ2v) is 6.88. The fourth-order valence-corrected chi connectivity index (χ4v) is 2.29. The van der Waals surface area contributed by atoms with Crippen LogP contribution in [0.4, 0.5) is 0 Å².